The Bertz CT molecular complexity index is 202. The summed E-state index contributed by atoms with van der Waals surface area (Å²) in [5.74, 6) is 0.761. The first-order valence-corrected chi connectivity index (χ1v) is 7.13. The Hall–Kier alpha value is -0.120. The van der Waals surface area contributed by atoms with E-state index in [9.17, 15) is 5.11 Å². The Kier molecular flexibility index (Phi) is 6.45. The predicted molar refractivity (Wildman–Crippen MR) is 71.2 cm³/mol. The van der Waals surface area contributed by atoms with Crippen LogP contribution in [0.25, 0.3) is 0 Å². The van der Waals surface area contributed by atoms with Gasteiger partial charge in [0.25, 0.3) is 0 Å². The van der Waals surface area contributed by atoms with Crippen LogP contribution >= 0.6 is 0 Å². The third kappa shape index (κ3) is 5.36. The summed E-state index contributed by atoms with van der Waals surface area (Å²) >= 11 is 0. The van der Waals surface area contributed by atoms with Crippen LogP contribution in [0.15, 0.2) is 0 Å². The van der Waals surface area contributed by atoms with Gasteiger partial charge in [-0.05, 0) is 18.8 Å². The zero-order chi connectivity index (χ0) is 12.7. The number of ether oxygens (including phenoxy) is 1. The second-order valence-electron chi connectivity index (χ2n) is 5.57. The van der Waals surface area contributed by atoms with Gasteiger partial charge in [-0.1, -0.05) is 27.2 Å². The maximum atomic E-state index is 10.4. The van der Waals surface area contributed by atoms with Crippen molar-refractivity contribution >= 4 is 0 Å². The van der Waals surface area contributed by atoms with Crippen molar-refractivity contribution in [2.45, 2.75) is 64.5 Å². The second-order valence-corrected chi connectivity index (χ2v) is 5.57. The highest BCUT2D eigenvalue weighted by Crippen LogP contribution is 2.20. The molecule has 3 nitrogen and oxygen atoms in total. The van der Waals surface area contributed by atoms with Gasteiger partial charge in [-0.2, -0.15) is 0 Å². The van der Waals surface area contributed by atoms with E-state index in [1.165, 1.54) is 12.8 Å². The fourth-order valence-electron chi connectivity index (χ4n) is 2.31. The van der Waals surface area contributed by atoms with Gasteiger partial charge in [-0.15, -0.1) is 0 Å². The van der Waals surface area contributed by atoms with Crippen LogP contribution in [0.1, 0.15) is 52.9 Å². The Morgan fingerprint density at radius 2 is 1.88 bits per heavy atom. The lowest BCUT2D eigenvalue weighted by Crippen LogP contribution is -2.48. The van der Waals surface area contributed by atoms with E-state index in [4.69, 9.17) is 4.74 Å². The highest BCUT2D eigenvalue weighted by atomic mass is 16.5. The highest BCUT2D eigenvalue weighted by Gasteiger charge is 2.30. The van der Waals surface area contributed by atoms with Gasteiger partial charge < -0.3 is 15.2 Å². The molecule has 17 heavy (non-hydrogen) atoms. The van der Waals surface area contributed by atoms with Crippen LogP contribution in [0.5, 0.6) is 0 Å². The molecule has 3 heteroatoms. The standard InChI is InChI=1S/C14H29NO2/c1-4-12(3)10-13(5-2)15-11-14(16)6-8-17-9-7-14/h12-13,15-16H,4-11H2,1-3H3. The number of nitrogens with one attached hydrogen (secondary N) is 1. The molecule has 1 aliphatic rings. The van der Waals surface area contributed by atoms with Crippen molar-refractivity contribution in [1.82, 2.24) is 5.32 Å². The summed E-state index contributed by atoms with van der Waals surface area (Å²) in [5, 5.41) is 13.9. The Morgan fingerprint density at radius 1 is 1.24 bits per heavy atom. The van der Waals surface area contributed by atoms with Crippen LogP contribution in [0.3, 0.4) is 0 Å². The van der Waals surface area contributed by atoms with Crippen molar-refractivity contribution in [3.05, 3.63) is 0 Å². The Labute approximate surface area is 106 Å². The van der Waals surface area contributed by atoms with Crippen LogP contribution in [-0.2, 0) is 4.74 Å². The summed E-state index contributed by atoms with van der Waals surface area (Å²) in [6.07, 6.45) is 5.10. The van der Waals surface area contributed by atoms with E-state index in [1.54, 1.807) is 0 Å². The Morgan fingerprint density at radius 3 is 2.41 bits per heavy atom. The van der Waals surface area contributed by atoms with Gasteiger partial charge in [0.15, 0.2) is 0 Å². The molecule has 0 spiro atoms. The van der Waals surface area contributed by atoms with Crippen LogP contribution in [0.2, 0.25) is 0 Å². The molecule has 0 aromatic heterocycles. The largest absolute Gasteiger partial charge is 0.388 e. The fraction of sp³-hybridized carbons (Fsp3) is 1.00. The lowest BCUT2D eigenvalue weighted by molar-refractivity contribution is -0.0630. The minimum Gasteiger partial charge on any atom is -0.388 e. The topological polar surface area (TPSA) is 41.5 Å². The summed E-state index contributed by atoms with van der Waals surface area (Å²) < 4.78 is 5.29. The average molecular weight is 243 g/mol. The van der Waals surface area contributed by atoms with Crippen LogP contribution in [0, 0.1) is 5.92 Å². The molecular weight excluding hydrogens is 214 g/mol. The first kappa shape index (κ1) is 14.9. The molecule has 2 unspecified atom stereocenters. The van der Waals surface area contributed by atoms with Crippen LogP contribution in [-0.4, -0.2) is 36.5 Å². The van der Waals surface area contributed by atoms with E-state index < -0.39 is 5.60 Å². The molecule has 0 radical (unpaired) electrons. The third-order valence-electron chi connectivity index (χ3n) is 4.02. The van der Waals surface area contributed by atoms with Gasteiger partial charge in [-0.3, -0.25) is 0 Å². The van der Waals surface area contributed by atoms with E-state index in [0.29, 0.717) is 25.8 Å². The normalized spacial score (nSPS) is 23.3. The summed E-state index contributed by atoms with van der Waals surface area (Å²) in [6, 6.07) is 0.539. The Balaban J connectivity index is 2.30. The molecule has 0 saturated carbocycles. The lowest BCUT2D eigenvalue weighted by Gasteiger charge is -2.34. The quantitative estimate of drug-likeness (QED) is 0.721. The fourth-order valence-corrected chi connectivity index (χ4v) is 2.31. The minimum absolute atomic E-state index is 0.539. The molecule has 1 saturated heterocycles. The maximum Gasteiger partial charge on any atom is 0.0815 e. The molecule has 2 N–H and O–H groups in total. The molecule has 1 aliphatic heterocycles. The van der Waals surface area contributed by atoms with Gasteiger partial charge in [-0.25, -0.2) is 0 Å². The van der Waals surface area contributed by atoms with Gasteiger partial charge >= 0.3 is 0 Å². The molecule has 0 aromatic rings. The number of rotatable bonds is 7. The number of hydrogen-bond acceptors (Lipinski definition) is 3. The van der Waals surface area contributed by atoms with Crippen molar-refractivity contribution in [2.24, 2.45) is 5.92 Å². The molecule has 1 fully saturated rings. The van der Waals surface area contributed by atoms with Crippen molar-refractivity contribution in [1.29, 1.82) is 0 Å². The first-order chi connectivity index (χ1) is 8.09. The summed E-state index contributed by atoms with van der Waals surface area (Å²) in [6.45, 7) is 8.86. The minimum atomic E-state index is -0.541. The van der Waals surface area contributed by atoms with E-state index in [1.807, 2.05) is 0 Å². The molecule has 102 valence electrons. The van der Waals surface area contributed by atoms with Crippen molar-refractivity contribution < 1.29 is 9.84 Å². The SMILES string of the molecule is CCC(C)CC(CC)NCC1(O)CCOCC1. The summed E-state index contributed by atoms with van der Waals surface area (Å²) in [7, 11) is 0. The van der Waals surface area contributed by atoms with Gasteiger partial charge in [0.1, 0.15) is 0 Å². The monoisotopic (exact) mass is 243 g/mol. The molecule has 2 atom stereocenters. The molecule has 0 aliphatic carbocycles. The molecule has 0 bridgehead atoms. The molecular formula is C14H29NO2. The van der Waals surface area contributed by atoms with E-state index in [2.05, 4.69) is 26.1 Å². The predicted octanol–water partition coefficient (Wildman–Crippen LogP) is 2.33. The van der Waals surface area contributed by atoms with E-state index in [0.717, 1.165) is 25.2 Å². The lowest BCUT2D eigenvalue weighted by atomic mass is 9.92. The summed E-state index contributed by atoms with van der Waals surface area (Å²) in [5.41, 5.74) is -0.541. The smallest absolute Gasteiger partial charge is 0.0815 e. The van der Waals surface area contributed by atoms with E-state index in [-0.39, 0.29) is 0 Å². The van der Waals surface area contributed by atoms with Crippen molar-refractivity contribution in [3.63, 3.8) is 0 Å². The van der Waals surface area contributed by atoms with Crippen LogP contribution < -0.4 is 5.32 Å². The first-order valence-electron chi connectivity index (χ1n) is 7.13. The molecule has 1 rings (SSSR count). The maximum absolute atomic E-state index is 10.4. The average Bonchev–Trinajstić information content (AvgIpc) is 2.35. The number of hydrogen-bond donors (Lipinski definition) is 2. The third-order valence-corrected chi connectivity index (χ3v) is 4.02. The summed E-state index contributed by atoms with van der Waals surface area (Å²) in [4.78, 5) is 0. The zero-order valence-corrected chi connectivity index (χ0v) is 11.7. The van der Waals surface area contributed by atoms with Gasteiger partial charge in [0, 0.05) is 38.6 Å². The van der Waals surface area contributed by atoms with Crippen molar-refractivity contribution in [2.75, 3.05) is 19.8 Å². The molecule has 0 amide bonds. The zero-order valence-electron chi connectivity index (χ0n) is 11.7. The second kappa shape index (κ2) is 7.34. The molecule has 0 aromatic carbocycles. The van der Waals surface area contributed by atoms with Crippen LogP contribution in [0.4, 0.5) is 0 Å². The molecule has 1 heterocycles. The number of aliphatic hydroxyl groups is 1. The van der Waals surface area contributed by atoms with Gasteiger partial charge in [0.2, 0.25) is 0 Å². The van der Waals surface area contributed by atoms with E-state index >= 15 is 0 Å². The highest BCUT2D eigenvalue weighted by molar-refractivity contribution is 4.85. The van der Waals surface area contributed by atoms with Gasteiger partial charge in [0.05, 0.1) is 5.60 Å². The van der Waals surface area contributed by atoms with Crippen molar-refractivity contribution in [3.8, 4) is 0 Å².